The summed E-state index contributed by atoms with van der Waals surface area (Å²) in [4.78, 5) is 4.80. The maximum atomic E-state index is 4.80. The summed E-state index contributed by atoms with van der Waals surface area (Å²) >= 11 is 0. The summed E-state index contributed by atoms with van der Waals surface area (Å²) in [6, 6.07) is 4.36. The fourth-order valence-electron chi connectivity index (χ4n) is 2.86. The highest BCUT2D eigenvalue weighted by Crippen LogP contribution is 2.29. The van der Waals surface area contributed by atoms with Gasteiger partial charge in [-0.3, -0.25) is 4.98 Å². The molecule has 3 heteroatoms. The molecule has 3 heterocycles. The van der Waals surface area contributed by atoms with Gasteiger partial charge in [0, 0.05) is 36.8 Å². The van der Waals surface area contributed by atoms with Crippen LogP contribution < -0.4 is 5.32 Å². The minimum Gasteiger partial charge on any atom is -0.349 e. The normalized spacial score (nSPS) is 20.9. The number of nitrogens with zero attached hydrogens (tertiary/aromatic N) is 2. The average molecular weight is 229 g/mol. The number of hydrogen-bond acceptors (Lipinski definition) is 2. The van der Waals surface area contributed by atoms with E-state index in [9.17, 15) is 0 Å². The summed E-state index contributed by atoms with van der Waals surface area (Å²) in [6.45, 7) is 4.31. The topological polar surface area (TPSA) is 29.9 Å². The van der Waals surface area contributed by atoms with E-state index < -0.39 is 0 Å². The molecule has 3 rings (SSSR count). The lowest BCUT2D eigenvalue weighted by molar-refractivity contribution is 0.455. The molecule has 0 spiro atoms. The molecule has 17 heavy (non-hydrogen) atoms. The number of aryl methyl sites for hydroxylation is 2. The van der Waals surface area contributed by atoms with Crippen molar-refractivity contribution in [1.29, 1.82) is 0 Å². The second-order valence-corrected chi connectivity index (χ2v) is 5.06. The smallest absolute Gasteiger partial charge is 0.0700 e. The van der Waals surface area contributed by atoms with Crippen LogP contribution in [0.4, 0.5) is 0 Å². The van der Waals surface area contributed by atoms with E-state index in [0.717, 1.165) is 18.8 Å². The van der Waals surface area contributed by atoms with E-state index in [1.165, 1.54) is 29.4 Å². The van der Waals surface area contributed by atoms with Gasteiger partial charge in [-0.25, -0.2) is 0 Å². The van der Waals surface area contributed by atoms with Gasteiger partial charge in [-0.1, -0.05) is 0 Å². The largest absolute Gasteiger partial charge is 0.349 e. The third-order valence-electron chi connectivity index (χ3n) is 3.69. The Hall–Kier alpha value is -1.35. The number of fused-ring (bicyclic) bond motifs is 1. The van der Waals surface area contributed by atoms with Crippen molar-refractivity contribution in [3.8, 4) is 0 Å². The van der Waals surface area contributed by atoms with Crippen molar-refractivity contribution in [1.82, 2.24) is 14.9 Å². The third-order valence-corrected chi connectivity index (χ3v) is 3.69. The van der Waals surface area contributed by atoms with Gasteiger partial charge in [0.05, 0.1) is 11.2 Å². The van der Waals surface area contributed by atoms with Crippen LogP contribution in [0.15, 0.2) is 18.3 Å². The van der Waals surface area contributed by atoms with Crippen LogP contribution >= 0.6 is 0 Å². The molecule has 1 N–H and O–H groups in total. The Morgan fingerprint density at radius 1 is 1.47 bits per heavy atom. The zero-order chi connectivity index (χ0) is 11.8. The van der Waals surface area contributed by atoms with Gasteiger partial charge in [0.1, 0.15) is 0 Å². The van der Waals surface area contributed by atoms with Crippen molar-refractivity contribution in [3.05, 3.63) is 29.7 Å². The maximum Gasteiger partial charge on any atom is 0.0700 e. The Kier molecular flexibility index (Phi) is 2.63. The minimum atomic E-state index is 0.569. The molecule has 1 aliphatic rings. The summed E-state index contributed by atoms with van der Waals surface area (Å²) in [6.07, 6.45) is 4.64. The van der Waals surface area contributed by atoms with Crippen LogP contribution in [0.1, 0.15) is 30.1 Å². The van der Waals surface area contributed by atoms with Crippen LogP contribution in [-0.2, 0) is 7.05 Å². The molecule has 0 amide bonds. The molecular weight excluding hydrogens is 210 g/mol. The lowest BCUT2D eigenvalue weighted by Gasteiger charge is -2.23. The fourth-order valence-corrected chi connectivity index (χ4v) is 2.86. The van der Waals surface area contributed by atoms with E-state index in [1.807, 2.05) is 0 Å². The number of pyridine rings is 1. The second kappa shape index (κ2) is 4.15. The number of aromatic nitrogens is 2. The molecule has 1 fully saturated rings. The Balaban J connectivity index is 2.15. The van der Waals surface area contributed by atoms with Crippen molar-refractivity contribution >= 4 is 10.9 Å². The quantitative estimate of drug-likeness (QED) is 0.813. The molecular formula is C14H19N3. The van der Waals surface area contributed by atoms with Crippen molar-refractivity contribution in [2.45, 2.75) is 25.7 Å². The third kappa shape index (κ3) is 1.84. The van der Waals surface area contributed by atoms with Crippen molar-refractivity contribution in [2.24, 2.45) is 7.05 Å². The number of rotatable bonds is 1. The van der Waals surface area contributed by atoms with Crippen LogP contribution in [0.5, 0.6) is 0 Å². The van der Waals surface area contributed by atoms with Gasteiger partial charge in [0.2, 0.25) is 0 Å². The van der Waals surface area contributed by atoms with E-state index in [-0.39, 0.29) is 0 Å². The van der Waals surface area contributed by atoms with E-state index in [1.54, 1.807) is 0 Å². The predicted molar refractivity (Wildman–Crippen MR) is 70.3 cm³/mol. The zero-order valence-electron chi connectivity index (χ0n) is 10.5. The monoisotopic (exact) mass is 229 g/mol. The van der Waals surface area contributed by atoms with Gasteiger partial charge in [0.25, 0.3) is 0 Å². The van der Waals surface area contributed by atoms with Crippen LogP contribution in [0.2, 0.25) is 0 Å². The second-order valence-electron chi connectivity index (χ2n) is 5.06. The SMILES string of the molecule is Cc1cc2ccn(C)c2c(C2CCCNC2)n1. The molecule has 3 nitrogen and oxygen atoms in total. The van der Waals surface area contributed by atoms with Crippen LogP contribution in [0, 0.1) is 6.92 Å². The first-order chi connectivity index (χ1) is 8.25. The molecule has 0 radical (unpaired) electrons. The minimum absolute atomic E-state index is 0.569. The standard InChI is InChI=1S/C14H19N3/c1-10-8-11-5-7-17(2)14(11)13(16-10)12-4-3-6-15-9-12/h5,7-8,12,15H,3-4,6,9H2,1-2H3. The molecule has 2 aromatic rings. The van der Waals surface area contributed by atoms with Crippen molar-refractivity contribution in [2.75, 3.05) is 13.1 Å². The molecule has 1 unspecified atom stereocenters. The number of piperidine rings is 1. The van der Waals surface area contributed by atoms with Crippen molar-refractivity contribution < 1.29 is 0 Å². The molecule has 0 aliphatic carbocycles. The summed E-state index contributed by atoms with van der Waals surface area (Å²) in [5.41, 5.74) is 3.72. The Labute approximate surface area is 102 Å². The lowest BCUT2D eigenvalue weighted by atomic mass is 9.94. The molecule has 1 atom stereocenters. The molecule has 0 saturated carbocycles. The Morgan fingerprint density at radius 2 is 2.35 bits per heavy atom. The zero-order valence-corrected chi connectivity index (χ0v) is 10.5. The van der Waals surface area contributed by atoms with Gasteiger partial charge >= 0.3 is 0 Å². The predicted octanol–water partition coefficient (Wildman–Crippen LogP) is 2.35. The fraction of sp³-hybridized carbons (Fsp3) is 0.500. The van der Waals surface area contributed by atoms with Gasteiger partial charge < -0.3 is 9.88 Å². The highest BCUT2D eigenvalue weighted by molar-refractivity contribution is 5.83. The van der Waals surface area contributed by atoms with Crippen LogP contribution in [0.25, 0.3) is 10.9 Å². The van der Waals surface area contributed by atoms with Gasteiger partial charge in [-0.15, -0.1) is 0 Å². The first-order valence-electron chi connectivity index (χ1n) is 6.39. The first kappa shape index (κ1) is 10.8. The number of hydrogen-bond donors (Lipinski definition) is 1. The maximum absolute atomic E-state index is 4.80. The van der Waals surface area contributed by atoms with E-state index in [2.05, 4.69) is 42.2 Å². The highest BCUT2D eigenvalue weighted by atomic mass is 14.9. The van der Waals surface area contributed by atoms with Gasteiger partial charge in [-0.05, 0) is 38.4 Å². The molecule has 1 aliphatic heterocycles. The van der Waals surface area contributed by atoms with E-state index in [4.69, 9.17) is 4.98 Å². The van der Waals surface area contributed by atoms with Gasteiger partial charge in [0.15, 0.2) is 0 Å². The summed E-state index contributed by atoms with van der Waals surface area (Å²) in [5, 5.41) is 4.80. The summed E-state index contributed by atoms with van der Waals surface area (Å²) in [5.74, 6) is 0.569. The van der Waals surface area contributed by atoms with Crippen LogP contribution in [0.3, 0.4) is 0 Å². The molecule has 0 bridgehead atoms. The molecule has 90 valence electrons. The molecule has 0 aromatic carbocycles. The molecule has 1 saturated heterocycles. The van der Waals surface area contributed by atoms with Gasteiger partial charge in [-0.2, -0.15) is 0 Å². The summed E-state index contributed by atoms with van der Waals surface area (Å²) < 4.78 is 2.20. The molecule has 2 aromatic heterocycles. The van der Waals surface area contributed by atoms with E-state index >= 15 is 0 Å². The summed E-state index contributed by atoms with van der Waals surface area (Å²) in [7, 11) is 2.11. The average Bonchev–Trinajstić information content (AvgIpc) is 2.71. The number of nitrogens with one attached hydrogen (secondary N) is 1. The highest BCUT2D eigenvalue weighted by Gasteiger charge is 2.20. The van der Waals surface area contributed by atoms with Crippen LogP contribution in [-0.4, -0.2) is 22.6 Å². The Bertz CT molecular complexity index is 536. The Morgan fingerprint density at radius 3 is 3.12 bits per heavy atom. The van der Waals surface area contributed by atoms with E-state index in [0.29, 0.717) is 5.92 Å². The first-order valence-corrected chi connectivity index (χ1v) is 6.39. The van der Waals surface area contributed by atoms with Crippen molar-refractivity contribution in [3.63, 3.8) is 0 Å². The lowest BCUT2D eigenvalue weighted by Crippen LogP contribution is -2.29.